The predicted octanol–water partition coefficient (Wildman–Crippen LogP) is 6.81. The molecule has 4 N–H and O–H groups in total. The molecule has 2 aromatic rings. The van der Waals surface area contributed by atoms with E-state index in [1.807, 2.05) is 71.9 Å². The van der Waals surface area contributed by atoms with Gasteiger partial charge in [0.15, 0.2) is 0 Å². The third-order valence-electron chi connectivity index (χ3n) is 3.99. The highest BCUT2D eigenvalue weighted by atomic mass is 16.1. The third-order valence-corrected chi connectivity index (χ3v) is 3.99. The topological polar surface area (TPSA) is 96.0 Å². The first-order chi connectivity index (χ1) is 15.4. The van der Waals surface area contributed by atoms with Gasteiger partial charge in [0.25, 0.3) is 0 Å². The summed E-state index contributed by atoms with van der Waals surface area (Å²) in [4.78, 5) is 21.9. The number of anilines is 2. The maximum Gasteiger partial charge on any atom is 0.224 e. The number of amides is 1. The number of carbonyl (C=O) groups is 2. The Hall–Kier alpha value is -3.21. The number of hydrogen-bond donors (Lipinski definition) is 3. The van der Waals surface area contributed by atoms with Crippen molar-refractivity contribution in [1.82, 2.24) is 0 Å². The molecule has 0 heterocycles. The first-order valence-corrected chi connectivity index (χ1v) is 11.2. The van der Waals surface area contributed by atoms with E-state index in [1.54, 1.807) is 18.2 Å². The van der Waals surface area contributed by atoms with Gasteiger partial charge in [0.05, 0.1) is 0 Å². The molecule has 0 aliphatic rings. The summed E-state index contributed by atoms with van der Waals surface area (Å²) < 4.78 is 0. The van der Waals surface area contributed by atoms with E-state index in [9.17, 15) is 9.59 Å². The van der Waals surface area contributed by atoms with E-state index < -0.39 is 0 Å². The highest BCUT2D eigenvalue weighted by Gasteiger charge is 2.13. The molecule has 5 nitrogen and oxygen atoms in total. The van der Waals surface area contributed by atoms with Crippen LogP contribution < -0.4 is 11.1 Å². The number of hydrogen-bond acceptors (Lipinski definition) is 4. The van der Waals surface area contributed by atoms with Crippen LogP contribution in [-0.4, -0.2) is 17.9 Å². The van der Waals surface area contributed by atoms with Crippen LogP contribution in [0.15, 0.2) is 60.7 Å². The summed E-state index contributed by atoms with van der Waals surface area (Å²) in [5, 5.41) is 10.9. The number of nitrogens with one attached hydrogen (secondary N) is 2. The fourth-order valence-electron chi connectivity index (χ4n) is 2.45. The molecule has 0 radical (unpaired) electrons. The van der Waals surface area contributed by atoms with Crippen molar-refractivity contribution >= 4 is 29.3 Å². The van der Waals surface area contributed by atoms with Crippen molar-refractivity contribution in [3.8, 4) is 0 Å². The van der Waals surface area contributed by atoms with Gasteiger partial charge in [0.2, 0.25) is 5.91 Å². The Morgan fingerprint density at radius 1 is 1.09 bits per heavy atom. The fourth-order valence-corrected chi connectivity index (χ4v) is 2.45. The molecule has 1 unspecified atom stereocenters. The Labute approximate surface area is 194 Å². The van der Waals surface area contributed by atoms with Crippen LogP contribution >= 0.6 is 0 Å². The van der Waals surface area contributed by atoms with Gasteiger partial charge in [-0.05, 0) is 32.0 Å². The molecule has 32 heavy (non-hydrogen) atoms. The van der Waals surface area contributed by atoms with Crippen LogP contribution in [0.5, 0.6) is 0 Å². The maximum absolute atomic E-state index is 11.6. The monoisotopic (exact) mass is 439 g/mol. The molecule has 0 aliphatic carbocycles. The lowest BCUT2D eigenvalue weighted by molar-refractivity contribution is -0.118. The minimum Gasteiger partial charge on any atom is -0.398 e. The van der Waals surface area contributed by atoms with Crippen molar-refractivity contribution in [3.63, 3.8) is 0 Å². The molecule has 1 amide bonds. The Balaban J connectivity index is 0. The fraction of sp³-hybridized carbons (Fsp3) is 0.370. The molecule has 2 rings (SSSR count). The molecule has 0 bridgehead atoms. The first-order valence-electron chi connectivity index (χ1n) is 11.2. The van der Waals surface area contributed by atoms with Crippen molar-refractivity contribution in [1.29, 1.82) is 5.41 Å². The Kier molecular flexibility index (Phi) is 19.1. The molecule has 0 saturated carbocycles. The molecule has 2 aromatic carbocycles. The van der Waals surface area contributed by atoms with Gasteiger partial charge >= 0.3 is 0 Å². The van der Waals surface area contributed by atoms with Crippen molar-refractivity contribution in [2.45, 2.75) is 61.3 Å². The molecule has 5 heteroatoms. The SMILES string of the molecule is C/C=C\C(C)C(=N)c1cc(NC(=O)CCC=O)ccc1N.CC.CC.Cc1ccccc1. The normalized spacial score (nSPS) is 10.2. The molecule has 0 saturated heterocycles. The van der Waals surface area contributed by atoms with Gasteiger partial charge < -0.3 is 21.3 Å². The van der Waals surface area contributed by atoms with Gasteiger partial charge in [-0.15, -0.1) is 0 Å². The second-order valence-corrected chi connectivity index (χ2v) is 6.44. The molecule has 176 valence electrons. The minimum atomic E-state index is -0.231. The van der Waals surface area contributed by atoms with Gasteiger partial charge in [-0.1, -0.05) is 82.7 Å². The van der Waals surface area contributed by atoms with Gasteiger partial charge in [-0.2, -0.15) is 0 Å². The maximum atomic E-state index is 11.6. The van der Waals surface area contributed by atoms with Crippen LogP contribution in [0.3, 0.4) is 0 Å². The van der Waals surface area contributed by atoms with E-state index in [-0.39, 0.29) is 24.7 Å². The third kappa shape index (κ3) is 13.2. The number of nitrogen functional groups attached to an aromatic ring is 1. The molecule has 0 fully saturated rings. The largest absolute Gasteiger partial charge is 0.398 e. The number of aryl methyl sites for hydroxylation is 1. The lowest BCUT2D eigenvalue weighted by Crippen LogP contribution is -2.14. The van der Waals surface area contributed by atoms with Gasteiger partial charge in [0.1, 0.15) is 6.29 Å². The molecular weight excluding hydrogens is 398 g/mol. The smallest absolute Gasteiger partial charge is 0.224 e. The number of aldehydes is 1. The molecule has 0 aromatic heterocycles. The summed E-state index contributed by atoms with van der Waals surface area (Å²) in [6, 6.07) is 15.3. The number of carbonyl (C=O) groups excluding carboxylic acids is 2. The van der Waals surface area contributed by atoms with Crippen LogP contribution in [0.25, 0.3) is 0 Å². The van der Waals surface area contributed by atoms with E-state index in [1.165, 1.54) is 5.56 Å². The van der Waals surface area contributed by atoms with Crippen molar-refractivity contribution < 1.29 is 9.59 Å². The summed E-state index contributed by atoms with van der Waals surface area (Å²) in [6.45, 7) is 13.9. The van der Waals surface area contributed by atoms with E-state index >= 15 is 0 Å². The average molecular weight is 440 g/mol. The zero-order valence-corrected chi connectivity index (χ0v) is 20.7. The lowest BCUT2D eigenvalue weighted by atomic mass is 9.96. The molecular formula is C27H41N3O2. The van der Waals surface area contributed by atoms with E-state index in [0.717, 1.165) is 0 Å². The summed E-state index contributed by atoms with van der Waals surface area (Å²) in [5.74, 6) is -0.288. The van der Waals surface area contributed by atoms with Gasteiger partial charge in [-0.3, -0.25) is 4.79 Å². The van der Waals surface area contributed by atoms with Crippen molar-refractivity contribution in [2.24, 2.45) is 5.92 Å². The summed E-state index contributed by atoms with van der Waals surface area (Å²) in [7, 11) is 0. The zero-order chi connectivity index (χ0) is 24.9. The van der Waals surface area contributed by atoms with Crippen molar-refractivity contribution in [2.75, 3.05) is 11.1 Å². The zero-order valence-electron chi connectivity index (χ0n) is 20.7. The van der Waals surface area contributed by atoms with Crippen LogP contribution in [0, 0.1) is 18.3 Å². The Morgan fingerprint density at radius 3 is 2.16 bits per heavy atom. The van der Waals surface area contributed by atoms with Crippen LogP contribution in [0.1, 0.15) is 65.5 Å². The Bertz CT molecular complexity index is 815. The standard InChI is InChI=1S/C16H21N3O2.C7H8.2C2H6/c1-3-5-11(2)16(18)13-10-12(7-8-14(13)17)19-15(21)6-4-9-20;1-7-5-3-2-4-6-7;2*1-2/h3,5,7-11,18H,4,6,17H2,1-2H3,(H,19,21);2-6H,1H3;2*1-2H3/b5-3-,18-16?;;;. The second kappa shape index (κ2) is 19.7. The number of allylic oxidation sites excluding steroid dienone is 2. The van der Waals surface area contributed by atoms with Crippen molar-refractivity contribution in [3.05, 3.63) is 71.8 Å². The highest BCUT2D eigenvalue weighted by Crippen LogP contribution is 2.22. The Morgan fingerprint density at radius 2 is 1.69 bits per heavy atom. The van der Waals surface area contributed by atoms with E-state index in [0.29, 0.717) is 28.9 Å². The first kappa shape index (κ1) is 31.0. The van der Waals surface area contributed by atoms with Crippen LogP contribution in [-0.2, 0) is 9.59 Å². The average Bonchev–Trinajstić information content (AvgIpc) is 2.82. The van der Waals surface area contributed by atoms with Gasteiger partial charge in [0, 0.05) is 41.4 Å². The summed E-state index contributed by atoms with van der Waals surface area (Å²) >= 11 is 0. The second-order valence-electron chi connectivity index (χ2n) is 6.44. The molecule has 1 atom stereocenters. The van der Waals surface area contributed by atoms with Crippen LogP contribution in [0.4, 0.5) is 11.4 Å². The summed E-state index contributed by atoms with van der Waals surface area (Å²) in [6.07, 6.45) is 4.86. The minimum absolute atomic E-state index is 0.0571. The lowest BCUT2D eigenvalue weighted by Gasteiger charge is -2.13. The van der Waals surface area contributed by atoms with Gasteiger partial charge in [-0.25, -0.2) is 0 Å². The van der Waals surface area contributed by atoms with E-state index in [2.05, 4.69) is 24.4 Å². The molecule has 0 spiro atoms. The van der Waals surface area contributed by atoms with E-state index in [4.69, 9.17) is 11.1 Å². The highest BCUT2D eigenvalue weighted by molar-refractivity contribution is 6.06. The quantitative estimate of drug-likeness (QED) is 0.191. The number of rotatable bonds is 7. The summed E-state index contributed by atoms with van der Waals surface area (Å²) in [5.41, 5.74) is 9.31. The number of benzene rings is 2. The number of nitrogens with two attached hydrogens (primary N) is 1. The molecule has 0 aliphatic heterocycles. The predicted molar refractivity (Wildman–Crippen MR) is 139 cm³/mol. The van der Waals surface area contributed by atoms with Crippen LogP contribution in [0.2, 0.25) is 0 Å².